The van der Waals surface area contributed by atoms with Crippen LogP contribution in [-0.4, -0.2) is 44.1 Å². The zero-order chi connectivity index (χ0) is 18.7. The maximum absolute atomic E-state index is 13.2. The minimum Gasteiger partial charge on any atom is -0.352 e. The number of nitrogens with zero attached hydrogens (tertiary/aromatic N) is 4. The lowest BCUT2D eigenvalue weighted by molar-refractivity contribution is -0.119. The smallest absolute Gasteiger partial charge is 0.272 e. The van der Waals surface area contributed by atoms with E-state index in [0.717, 1.165) is 17.7 Å². The molecule has 0 unspecified atom stereocenters. The van der Waals surface area contributed by atoms with Crippen molar-refractivity contribution in [3.8, 4) is 0 Å². The van der Waals surface area contributed by atoms with Crippen LogP contribution in [0.3, 0.4) is 0 Å². The molecular weight excluding hydrogens is 330 g/mol. The first kappa shape index (κ1) is 18.1. The van der Waals surface area contributed by atoms with Gasteiger partial charge in [0, 0.05) is 45.0 Å². The number of rotatable bonds is 6. The predicted octanol–water partition coefficient (Wildman–Crippen LogP) is 1.86. The third kappa shape index (κ3) is 4.09. The van der Waals surface area contributed by atoms with Crippen molar-refractivity contribution < 1.29 is 9.59 Å². The molecule has 2 aromatic heterocycles. The van der Waals surface area contributed by atoms with E-state index in [1.165, 1.54) is 0 Å². The average Bonchev–Trinajstić information content (AvgIpc) is 3.20. The molecule has 0 spiro atoms. The molecule has 7 nitrogen and oxygen atoms in total. The number of aromatic nitrogens is 3. The van der Waals surface area contributed by atoms with Gasteiger partial charge in [0.1, 0.15) is 5.69 Å². The van der Waals surface area contributed by atoms with Crippen LogP contribution in [-0.2, 0) is 18.4 Å². The number of pyridine rings is 1. The van der Waals surface area contributed by atoms with Gasteiger partial charge in [-0.3, -0.25) is 19.3 Å². The Balaban J connectivity index is 1.83. The molecule has 3 heterocycles. The number of carbonyl (C=O) groups is 2. The zero-order valence-electron chi connectivity index (χ0n) is 15.5. The summed E-state index contributed by atoms with van der Waals surface area (Å²) < 4.78 is 1.64. The molecule has 1 saturated heterocycles. The molecule has 1 fully saturated rings. The molecule has 1 aliphatic heterocycles. The minimum absolute atomic E-state index is 0.00826. The van der Waals surface area contributed by atoms with E-state index in [1.807, 2.05) is 18.2 Å². The normalized spacial score (nSPS) is 16.8. The van der Waals surface area contributed by atoms with Crippen molar-refractivity contribution in [2.45, 2.75) is 45.2 Å². The summed E-state index contributed by atoms with van der Waals surface area (Å²) in [5, 5.41) is 7.40. The number of hydrogen-bond donors (Lipinski definition) is 1. The predicted molar refractivity (Wildman–Crippen MR) is 97.4 cm³/mol. The highest BCUT2D eigenvalue weighted by molar-refractivity contribution is 5.93. The Labute approximate surface area is 153 Å². The van der Waals surface area contributed by atoms with Gasteiger partial charge in [0.25, 0.3) is 5.91 Å². The zero-order valence-corrected chi connectivity index (χ0v) is 15.5. The van der Waals surface area contributed by atoms with Crippen molar-refractivity contribution in [2.75, 3.05) is 6.54 Å². The molecule has 1 atom stereocenters. The van der Waals surface area contributed by atoms with Crippen molar-refractivity contribution in [3.05, 3.63) is 47.5 Å². The highest BCUT2D eigenvalue weighted by Gasteiger charge is 2.27. The monoisotopic (exact) mass is 355 g/mol. The Morgan fingerprint density at radius 1 is 1.38 bits per heavy atom. The van der Waals surface area contributed by atoms with Gasteiger partial charge in [-0.1, -0.05) is 13.8 Å². The number of hydrogen-bond acceptors (Lipinski definition) is 4. The fourth-order valence-corrected chi connectivity index (χ4v) is 3.14. The third-order valence-corrected chi connectivity index (χ3v) is 4.65. The molecule has 7 heteroatoms. The first-order chi connectivity index (χ1) is 12.4. The summed E-state index contributed by atoms with van der Waals surface area (Å²) in [4.78, 5) is 30.6. The van der Waals surface area contributed by atoms with E-state index in [9.17, 15) is 9.59 Å². The molecule has 2 aromatic rings. The molecule has 26 heavy (non-hydrogen) atoms. The van der Waals surface area contributed by atoms with Gasteiger partial charge in [-0.15, -0.1) is 0 Å². The average molecular weight is 355 g/mol. The highest BCUT2D eigenvalue weighted by Crippen LogP contribution is 2.18. The standard InChI is InChI=1S/C19H25N5O2/c1-13(2)16-10-17(23(3)22-16)19(26)24(11-14-6-8-20-9-7-14)12-15-4-5-18(25)21-15/h6-10,13,15H,4-5,11-12H2,1-3H3,(H,21,25)/t15-/m0/s1. The number of carbonyl (C=O) groups excluding carboxylic acids is 2. The number of amides is 2. The van der Waals surface area contributed by atoms with Crippen LogP contribution in [0.15, 0.2) is 30.6 Å². The Hall–Kier alpha value is -2.70. The van der Waals surface area contributed by atoms with E-state index < -0.39 is 0 Å². The van der Waals surface area contributed by atoms with Crippen molar-refractivity contribution in [3.63, 3.8) is 0 Å². The van der Waals surface area contributed by atoms with Crippen LogP contribution in [0.1, 0.15) is 54.4 Å². The molecule has 1 aliphatic rings. The lowest BCUT2D eigenvalue weighted by Gasteiger charge is -2.26. The summed E-state index contributed by atoms with van der Waals surface area (Å²) >= 11 is 0. The Morgan fingerprint density at radius 3 is 2.69 bits per heavy atom. The van der Waals surface area contributed by atoms with Crippen molar-refractivity contribution in [2.24, 2.45) is 7.05 Å². The summed E-state index contributed by atoms with van der Waals surface area (Å²) in [6.07, 6.45) is 4.71. The van der Waals surface area contributed by atoms with E-state index >= 15 is 0 Å². The number of nitrogens with one attached hydrogen (secondary N) is 1. The van der Waals surface area contributed by atoms with Gasteiger partial charge in [-0.2, -0.15) is 5.10 Å². The lowest BCUT2D eigenvalue weighted by Crippen LogP contribution is -2.42. The fraction of sp³-hybridized carbons (Fsp3) is 0.474. The first-order valence-corrected chi connectivity index (χ1v) is 8.95. The summed E-state index contributed by atoms with van der Waals surface area (Å²) in [7, 11) is 1.79. The van der Waals surface area contributed by atoms with Gasteiger partial charge < -0.3 is 10.2 Å². The van der Waals surface area contributed by atoms with Crippen LogP contribution >= 0.6 is 0 Å². The molecule has 0 bridgehead atoms. The summed E-state index contributed by atoms with van der Waals surface area (Å²) in [5.74, 6) is 0.226. The van der Waals surface area contributed by atoms with Crippen molar-refractivity contribution in [1.82, 2.24) is 25.0 Å². The summed E-state index contributed by atoms with van der Waals surface area (Å²) in [5.41, 5.74) is 2.46. The van der Waals surface area contributed by atoms with Gasteiger partial charge in [0.05, 0.1) is 5.69 Å². The Bertz CT molecular complexity index is 784. The molecule has 2 amide bonds. The van der Waals surface area contributed by atoms with E-state index in [1.54, 1.807) is 29.0 Å². The molecule has 0 aromatic carbocycles. The summed E-state index contributed by atoms with van der Waals surface area (Å²) in [6.45, 7) is 5.06. The van der Waals surface area contributed by atoms with Gasteiger partial charge in [-0.25, -0.2) is 0 Å². The SMILES string of the molecule is CC(C)c1cc(C(=O)N(Cc2ccncc2)C[C@@H]2CCC(=O)N2)n(C)n1. The third-order valence-electron chi connectivity index (χ3n) is 4.65. The molecule has 138 valence electrons. The van der Waals surface area contributed by atoms with Gasteiger partial charge in [-0.05, 0) is 36.1 Å². The molecular formula is C19H25N5O2. The van der Waals surface area contributed by atoms with Crippen LogP contribution in [0.4, 0.5) is 0 Å². The topological polar surface area (TPSA) is 80.1 Å². The maximum Gasteiger partial charge on any atom is 0.272 e. The molecule has 0 saturated carbocycles. The second kappa shape index (κ2) is 7.68. The van der Waals surface area contributed by atoms with Crippen LogP contribution in [0.2, 0.25) is 0 Å². The van der Waals surface area contributed by atoms with Crippen LogP contribution in [0.5, 0.6) is 0 Å². The molecule has 3 rings (SSSR count). The quantitative estimate of drug-likeness (QED) is 0.858. The second-order valence-corrected chi connectivity index (χ2v) is 7.08. The van der Waals surface area contributed by atoms with E-state index in [-0.39, 0.29) is 23.8 Å². The lowest BCUT2D eigenvalue weighted by atomic mass is 10.1. The van der Waals surface area contributed by atoms with Crippen LogP contribution in [0, 0.1) is 0 Å². The van der Waals surface area contributed by atoms with Crippen LogP contribution in [0.25, 0.3) is 0 Å². The van der Waals surface area contributed by atoms with Crippen molar-refractivity contribution >= 4 is 11.8 Å². The number of aryl methyl sites for hydroxylation is 1. The molecule has 0 radical (unpaired) electrons. The Morgan fingerprint density at radius 2 is 2.12 bits per heavy atom. The van der Waals surface area contributed by atoms with Crippen molar-refractivity contribution in [1.29, 1.82) is 0 Å². The molecule has 0 aliphatic carbocycles. The second-order valence-electron chi connectivity index (χ2n) is 7.08. The molecule has 1 N–H and O–H groups in total. The van der Waals surface area contributed by atoms with Gasteiger partial charge in [0.15, 0.2) is 0 Å². The van der Waals surface area contributed by atoms with Gasteiger partial charge in [0.2, 0.25) is 5.91 Å². The highest BCUT2D eigenvalue weighted by atomic mass is 16.2. The van der Waals surface area contributed by atoms with E-state index in [4.69, 9.17) is 0 Å². The van der Waals surface area contributed by atoms with Gasteiger partial charge >= 0.3 is 0 Å². The summed E-state index contributed by atoms with van der Waals surface area (Å²) in [6, 6.07) is 5.65. The minimum atomic E-state index is -0.0788. The first-order valence-electron chi connectivity index (χ1n) is 8.95. The van der Waals surface area contributed by atoms with Crippen LogP contribution < -0.4 is 5.32 Å². The van der Waals surface area contributed by atoms with E-state index in [2.05, 4.69) is 29.2 Å². The Kier molecular flexibility index (Phi) is 5.35. The van der Waals surface area contributed by atoms with E-state index in [0.29, 0.717) is 25.2 Å². The fourth-order valence-electron chi connectivity index (χ4n) is 3.14. The largest absolute Gasteiger partial charge is 0.352 e. The maximum atomic E-state index is 13.2.